The van der Waals surface area contributed by atoms with Crippen molar-refractivity contribution in [2.24, 2.45) is 11.8 Å². The first-order valence-electron chi connectivity index (χ1n) is 10.7. The van der Waals surface area contributed by atoms with Gasteiger partial charge in [-0.25, -0.2) is 0 Å². The highest BCUT2D eigenvalue weighted by molar-refractivity contribution is 5.66. The molecule has 0 aliphatic rings. The maximum absolute atomic E-state index is 11.6. The molecule has 0 aliphatic carbocycles. The lowest BCUT2D eigenvalue weighted by Crippen LogP contribution is -2.32. The summed E-state index contributed by atoms with van der Waals surface area (Å²) in [5.74, 6) is -0.229. The lowest BCUT2D eigenvalue weighted by molar-refractivity contribution is -0.535. The zero-order valence-corrected chi connectivity index (χ0v) is 17.3. The molecule has 0 saturated carbocycles. The Kier molecular flexibility index (Phi) is 15.4. The van der Waals surface area contributed by atoms with E-state index in [0.717, 1.165) is 38.5 Å². The fourth-order valence-electron chi connectivity index (χ4n) is 3.77. The number of unbranched alkanes of at least 4 members (excludes halogenated alkanes) is 9. The highest BCUT2D eigenvalue weighted by atomic mass is 16.6. The predicted octanol–water partition coefficient (Wildman–Crippen LogP) is 6.47. The van der Waals surface area contributed by atoms with Gasteiger partial charge < -0.3 is 5.11 Å². The van der Waals surface area contributed by atoms with Crippen LogP contribution in [-0.2, 0) is 4.79 Å². The molecule has 0 rings (SSSR count). The Morgan fingerprint density at radius 1 is 0.885 bits per heavy atom. The Bertz CT molecular complexity index is 371. The molecule has 5 heteroatoms. The fraction of sp³-hybridized carbons (Fsp3) is 0.952. The third-order valence-electron chi connectivity index (χ3n) is 5.40. The summed E-state index contributed by atoms with van der Waals surface area (Å²) in [6, 6.07) is -0.426. The van der Waals surface area contributed by atoms with Crippen LogP contribution >= 0.6 is 0 Å². The molecule has 2 unspecified atom stereocenters. The van der Waals surface area contributed by atoms with Crippen LogP contribution in [-0.4, -0.2) is 22.0 Å². The van der Waals surface area contributed by atoms with Gasteiger partial charge in [0.05, 0.1) is 0 Å². The smallest absolute Gasteiger partial charge is 0.303 e. The molecule has 0 bridgehead atoms. The molecule has 0 fully saturated rings. The van der Waals surface area contributed by atoms with Gasteiger partial charge in [0, 0.05) is 23.7 Å². The summed E-state index contributed by atoms with van der Waals surface area (Å²) < 4.78 is 0. The summed E-state index contributed by atoms with van der Waals surface area (Å²) in [6.45, 7) is 6.44. The van der Waals surface area contributed by atoms with Gasteiger partial charge in [0.1, 0.15) is 0 Å². The van der Waals surface area contributed by atoms with E-state index in [2.05, 4.69) is 20.8 Å². The third kappa shape index (κ3) is 13.1. The molecule has 0 heterocycles. The second-order valence-corrected chi connectivity index (χ2v) is 8.02. The van der Waals surface area contributed by atoms with Gasteiger partial charge in [0.25, 0.3) is 0 Å². The van der Waals surface area contributed by atoms with E-state index >= 15 is 0 Å². The number of rotatable bonds is 18. The van der Waals surface area contributed by atoms with Crippen molar-refractivity contribution < 1.29 is 14.8 Å². The van der Waals surface area contributed by atoms with Crippen LogP contribution in [0, 0.1) is 22.0 Å². The monoisotopic (exact) mass is 371 g/mol. The van der Waals surface area contributed by atoms with Crippen LogP contribution in [0.3, 0.4) is 0 Å². The Hall–Kier alpha value is -1.13. The van der Waals surface area contributed by atoms with Gasteiger partial charge in [-0.1, -0.05) is 78.6 Å². The third-order valence-corrected chi connectivity index (χ3v) is 5.40. The van der Waals surface area contributed by atoms with E-state index in [1.165, 1.54) is 32.1 Å². The number of nitro groups is 1. The standard InChI is InChI=1S/C21H41NO4/c1-4-5-6-7-9-12-15-19(18(2)3)20(22(25)26)16-13-10-8-11-14-17-21(23)24/h18-20H,4-17H2,1-3H3,(H,23,24). The van der Waals surface area contributed by atoms with E-state index in [9.17, 15) is 14.9 Å². The first-order chi connectivity index (χ1) is 12.4. The fourth-order valence-corrected chi connectivity index (χ4v) is 3.77. The van der Waals surface area contributed by atoms with E-state index < -0.39 is 12.0 Å². The molecule has 0 amide bonds. The van der Waals surface area contributed by atoms with Crippen LogP contribution in [0.25, 0.3) is 0 Å². The minimum atomic E-state index is -0.743. The lowest BCUT2D eigenvalue weighted by atomic mass is 9.82. The van der Waals surface area contributed by atoms with Crippen LogP contribution in [0.4, 0.5) is 0 Å². The summed E-state index contributed by atoms with van der Waals surface area (Å²) in [4.78, 5) is 22.0. The van der Waals surface area contributed by atoms with Crippen molar-refractivity contribution in [1.29, 1.82) is 0 Å². The van der Waals surface area contributed by atoms with Gasteiger partial charge in [-0.05, 0) is 25.2 Å². The highest BCUT2D eigenvalue weighted by Gasteiger charge is 2.32. The average Bonchev–Trinajstić information content (AvgIpc) is 2.57. The van der Waals surface area contributed by atoms with Crippen molar-refractivity contribution in [3.63, 3.8) is 0 Å². The van der Waals surface area contributed by atoms with Gasteiger partial charge in [-0.15, -0.1) is 0 Å². The molecule has 0 aromatic heterocycles. The Morgan fingerprint density at radius 3 is 1.88 bits per heavy atom. The highest BCUT2D eigenvalue weighted by Crippen LogP contribution is 2.28. The van der Waals surface area contributed by atoms with Crippen molar-refractivity contribution >= 4 is 5.97 Å². The van der Waals surface area contributed by atoms with Gasteiger partial charge in [0.15, 0.2) is 0 Å². The maximum atomic E-state index is 11.6. The molecule has 1 N–H and O–H groups in total. The molecule has 0 aliphatic heterocycles. The van der Waals surface area contributed by atoms with Crippen molar-refractivity contribution in [3.8, 4) is 0 Å². The van der Waals surface area contributed by atoms with Gasteiger partial charge in [-0.3, -0.25) is 14.9 Å². The van der Waals surface area contributed by atoms with Crippen LogP contribution in [0.15, 0.2) is 0 Å². The van der Waals surface area contributed by atoms with E-state index in [1.807, 2.05) is 0 Å². The number of carboxylic acids is 1. The van der Waals surface area contributed by atoms with Crippen LogP contribution in [0.5, 0.6) is 0 Å². The summed E-state index contributed by atoms with van der Waals surface area (Å²) in [7, 11) is 0. The van der Waals surface area contributed by atoms with Crippen molar-refractivity contribution in [3.05, 3.63) is 10.1 Å². The Balaban J connectivity index is 4.16. The molecule has 2 atom stereocenters. The molecule has 5 nitrogen and oxygen atoms in total. The Morgan fingerprint density at radius 2 is 1.38 bits per heavy atom. The number of hydrogen-bond acceptors (Lipinski definition) is 3. The average molecular weight is 372 g/mol. The summed E-state index contributed by atoms with van der Waals surface area (Å²) in [5, 5.41) is 20.2. The van der Waals surface area contributed by atoms with Crippen LogP contribution < -0.4 is 0 Å². The van der Waals surface area contributed by atoms with Crippen LogP contribution in [0.2, 0.25) is 0 Å². The number of carboxylic acid groups (broad SMARTS) is 1. The minimum Gasteiger partial charge on any atom is -0.481 e. The summed E-state index contributed by atoms with van der Waals surface area (Å²) in [6.07, 6.45) is 13.6. The first-order valence-corrected chi connectivity index (χ1v) is 10.7. The molecule has 154 valence electrons. The molecule has 0 aromatic rings. The maximum Gasteiger partial charge on any atom is 0.303 e. The van der Waals surface area contributed by atoms with Crippen molar-refractivity contribution in [2.75, 3.05) is 0 Å². The van der Waals surface area contributed by atoms with Gasteiger partial charge in [-0.2, -0.15) is 0 Å². The Labute approximate surface area is 160 Å². The van der Waals surface area contributed by atoms with Gasteiger partial charge in [0.2, 0.25) is 6.04 Å². The largest absolute Gasteiger partial charge is 0.481 e. The number of carbonyl (C=O) groups is 1. The second kappa shape index (κ2) is 16.1. The van der Waals surface area contributed by atoms with Gasteiger partial charge >= 0.3 is 5.97 Å². The quantitative estimate of drug-likeness (QED) is 0.170. The van der Waals surface area contributed by atoms with Crippen molar-refractivity contribution in [2.45, 2.75) is 117 Å². The van der Waals surface area contributed by atoms with Crippen LogP contribution in [0.1, 0.15) is 111 Å². The molecule has 0 spiro atoms. The number of nitrogens with zero attached hydrogens (tertiary/aromatic N) is 1. The topological polar surface area (TPSA) is 80.4 Å². The predicted molar refractivity (Wildman–Crippen MR) is 107 cm³/mol. The van der Waals surface area contributed by atoms with Crippen molar-refractivity contribution in [1.82, 2.24) is 0 Å². The number of aliphatic carboxylic acids is 1. The van der Waals surface area contributed by atoms with E-state index in [0.29, 0.717) is 18.8 Å². The molecule has 26 heavy (non-hydrogen) atoms. The molecular formula is C21H41NO4. The van der Waals surface area contributed by atoms with E-state index in [4.69, 9.17) is 5.11 Å². The SMILES string of the molecule is CCCCCCCCC(C(C)C)C(CCCCCCCC(=O)O)[N+](=O)[O-]. The first kappa shape index (κ1) is 24.9. The summed E-state index contributed by atoms with van der Waals surface area (Å²) in [5.41, 5.74) is 0. The lowest BCUT2D eigenvalue weighted by Gasteiger charge is -2.24. The van der Waals surface area contributed by atoms with E-state index in [-0.39, 0.29) is 17.3 Å². The zero-order valence-electron chi connectivity index (χ0n) is 17.3. The molecule has 0 aromatic carbocycles. The molecular weight excluding hydrogens is 330 g/mol. The molecule has 0 saturated heterocycles. The number of hydrogen-bond donors (Lipinski definition) is 1. The van der Waals surface area contributed by atoms with E-state index in [1.54, 1.807) is 0 Å². The molecule has 0 radical (unpaired) electrons. The minimum absolute atomic E-state index is 0.0494. The normalized spacial score (nSPS) is 13.7. The zero-order chi connectivity index (χ0) is 19.8. The summed E-state index contributed by atoms with van der Waals surface area (Å²) >= 11 is 0. The second-order valence-electron chi connectivity index (χ2n) is 8.02.